The Bertz CT molecular complexity index is 500. The smallest absolute Gasteiger partial charge is 0.228 e. The number of carbonyl (C=O) groups is 1. The van der Waals surface area contributed by atoms with Gasteiger partial charge in [-0.15, -0.1) is 0 Å². The van der Waals surface area contributed by atoms with Crippen molar-refractivity contribution < 1.29 is 4.79 Å². The number of hydrogen-bond acceptors (Lipinski definition) is 2. The average molecular weight is 245 g/mol. The van der Waals surface area contributed by atoms with Gasteiger partial charge in [-0.25, -0.2) is 4.98 Å². The predicted molar refractivity (Wildman–Crippen MR) is 72.2 cm³/mol. The van der Waals surface area contributed by atoms with Gasteiger partial charge in [-0.1, -0.05) is 38.3 Å². The van der Waals surface area contributed by atoms with E-state index in [0.29, 0.717) is 5.82 Å². The summed E-state index contributed by atoms with van der Waals surface area (Å²) in [5.41, 5.74) is 7.31. The standard InChI is InChI=1S/C14H19N3O/c1-2-3-4-7-10(13(15)18)14-16-11-8-5-6-9-12(11)17-14/h5-6,8-10H,2-4,7H2,1H3,(H2,15,18)(H,16,17). The maximum absolute atomic E-state index is 11.5. The third-order valence-corrected chi connectivity index (χ3v) is 3.18. The first-order valence-corrected chi connectivity index (χ1v) is 6.46. The number of nitrogens with one attached hydrogen (secondary N) is 1. The Balaban J connectivity index is 2.21. The van der Waals surface area contributed by atoms with E-state index in [4.69, 9.17) is 5.73 Å². The van der Waals surface area contributed by atoms with Crippen LogP contribution in [0.25, 0.3) is 11.0 Å². The van der Waals surface area contributed by atoms with Gasteiger partial charge in [0, 0.05) is 0 Å². The van der Waals surface area contributed by atoms with Crippen LogP contribution >= 0.6 is 0 Å². The Morgan fingerprint density at radius 1 is 1.39 bits per heavy atom. The lowest BCUT2D eigenvalue weighted by Gasteiger charge is -2.09. The summed E-state index contributed by atoms with van der Waals surface area (Å²) in [6.07, 6.45) is 4.01. The second-order valence-electron chi connectivity index (χ2n) is 4.59. The molecule has 18 heavy (non-hydrogen) atoms. The molecule has 96 valence electrons. The van der Waals surface area contributed by atoms with Gasteiger partial charge in [-0.3, -0.25) is 4.79 Å². The normalized spacial score (nSPS) is 12.7. The van der Waals surface area contributed by atoms with Gasteiger partial charge in [0.05, 0.1) is 17.0 Å². The molecule has 1 atom stereocenters. The first-order valence-electron chi connectivity index (χ1n) is 6.46. The molecular weight excluding hydrogens is 226 g/mol. The van der Waals surface area contributed by atoms with Gasteiger partial charge in [-0.2, -0.15) is 0 Å². The van der Waals surface area contributed by atoms with Gasteiger partial charge in [-0.05, 0) is 18.6 Å². The highest BCUT2D eigenvalue weighted by atomic mass is 16.1. The second kappa shape index (κ2) is 5.67. The summed E-state index contributed by atoms with van der Waals surface area (Å²) >= 11 is 0. The van der Waals surface area contributed by atoms with Crippen molar-refractivity contribution >= 4 is 16.9 Å². The minimum Gasteiger partial charge on any atom is -0.369 e. The molecule has 1 aromatic heterocycles. The maximum atomic E-state index is 11.5. The SMILES string of the molecule is CCCCCC(C(N)=O)c1nc2ccccc2[nH]1. The number of imidazole rings is 1. The molecule has 2 rings (SSSR count). The van der Waals surface area contributed by atoms with Gasteiger partial charge in [0.25, 0.3) is 0 Å². The fourth-order valence-corrected chi connectivity index (χ4v) is 2.15. The summed E-state index contributed by atoms with van der Waals surface area (Å²) < 4.78 is 0. The molecule has 4 heteroatoms. The highest BCUT2D eigenvalue weighted by molar-refractivity contribution is 5.83. The van der Waals surface area contributed by atoms with Crippen LogP contribution in [0.15, 0.2) is 24.3 Å². The number of nitrogens with zero attached hydrogens (tertiary/aromatic N) is 1. The van der Waals surface area contributed by atoms with Crippen molar-refractivity contribution in [1.29, 1.82) is 0 Å². The van der Waals surface area contributed by atoms with E-state index in [1.54, 1.807) is 0 Å². The number of aromatic nitrogens is 2. The van der Waals surface area contributed by atoms with Gasteiger partial charge in [0.1, 0.15) is 5.82 Å². The van der Waals surface area contributed by atoms with E-state index in [0.717, 1.165) is 36.7 Å². The summed E-state index contributed by atoms with van der Waals surface area (Å²) in [5.74, 6) is 0.0916. The fraction of sp³-hybridized carbons (Fsp3) is 0.429. The van der Waals surface area contributed by atoms with Gasteiger partial charge < -0.3 is 10.7 Å². The van der Waals surface area contributed by atoms with Crippen LogP contribution in [0, 0.1) is 0 Å². The van der Waals surface area contributed by atoms with Crippen molar-refractivity contribution in [3.63, 3.8) is 0 Å². The lowest BCUT2D eigenvalue weighted by molar-refractivity contribution is -0.119. The highest BCUT2D eigenvalue weighted by Crippen LogP contribution is 2.22. The number of amides is 1. The van der Waals surface area contributed by atoms with Crippen molar-refractivity contribution in [2.75, 3.05) is 0 Å². The molecule has 1 amide bonds. The van der Waals surface area contributed by atoms with Crippen LogP contribution < -0.4 is 5.73 Å². The molecule has 2 aromatic rings. The summed E-state index contributed by atoms with van der Waals surface area (Å²) in [6.45, 7) is 2.14. The molecule has 0 spiro atoms. The van der Waals surface area contributed by atoms with Crippen LogP contribution in [0.3, 0.4) is 0 Å². The zero-order valence-electron chi connectivity index (χ0n) is 10.6. The minimum atomic E-state index is -0.302. The summed E-state index contributed by atoms with van der Waals surface area (Å²) in [6, 6.07) is 7.76. The molecule has 0 saturated heterocycles. The molecule has 0 radical (unpaired) electrons. The molecule has 0 fully saturated rings. The van der Waals surface area contributed by atoms with E-state index in [9.17, 15) is 4.79 Å². The first-order chi connectivity index (χ1) is 8.72. The molecule has 4 nitrogen and oxygen atoms in total. The topological polar surface area (TPSA) is 71.8 Å². The van der Waals surface area contributed by atoms with Crippen molar-refractivity contribution in [3.8, 4) is 0 Å². The third kappa shape index (κ3) is 2.70. The monoisotopic (exact) mass is 245 g/mol. The van der Waals surface area contributed by atoms with Gasteiger partial charge >= 0.3 is 0 Å². The third-order valence-electron chi connectivity index (χ3n) is 3.18. The van der Waals surface area contributed by atoms with Crippen LogP contribution in [0.1, 0.15) is 44.3 Å². The van der Waals surface area contributed by atoms with Crippen LogP contribution in [0.5, 0.6) is 0 Å². The molecule has 1 heterocycles. The number of benzene rings is 1. The van der Waals surface area contributed by atoms with Crippen LogP contribution in [0.4, 0.5) is 0 Å². The molecular formula is C14H19N3O. The van der Waals surface area contributed by atoms with E-state index in [2.05, 4.69) is 16.9 Å². The zero-order valence-corrected chi connectivity index (χ0v) is 10.6. The molecule has 0 aliphatic rings. The van der Waals surface area contributed by atoms with Crippen LogP contribution in [-0.2, 0) is 4.79 Å². The number of rotatable bonds is 6. The number of hydrogen-bond donors (Lipinski definition) is 2. The Morgan fingerprint density at radius 3 is 2.83 bits per heavy atom. The van der Waals surface area contributed by atoms with Crippen molar-refractivity contribution in [1.82, 2.24) is 9.97 Å². The average Bonchev–Trinajstić information content (AvgIpc) is 2.77. The fourth-order valence-electron chi connectivity index (χ4n) is 2.15. The number of aromatic amines is 1. The van der Waals surface area contributed by atoms with Crippen molar-refractivity contribution in [3.05, 3.63) is 30.1 Å². The number of H-pyrrole nitrogens is 1. The van der Waals surface area contributed by atoms with E-state index in [1.165, 1.54) is 0 Å². The van der Waals surface area contributed by atoms with Gasteiger partial charge in [0.2, 0.25) is 5.91 Å². The number of primary amides is 1. The zero-order chi connectivity index (χ0) is 13.0. The Labute approximate surface area is 107 Å². The first kappa shape index (κ1) is 12.6. The van der Waals surface area contributed by atoms with E-state index in [-0.39, 0.29) is 11.8 Å². The lowest BCUT2D eigenvalue weighted by atomic mass is 10.00. The minimum absolute atomic E-state index is 0.301. The molecule has 0 bridgehead atoms. The van der Waals surface area contributed by atoms with Gasteiger partial charge in [0.15, 0.2) is 0 Å². The van der Waals surface area contributed by atoms with Crippen molar-refractivity contribution in [2.24, 2.45) is 5.73 Å². The number of para-hydroxylation sites is 2. The van der Waals surface area contributed by atoms with Crippen LogP contribution in [-0.4, -0.2) is 15.9 Å². The number of fused-ring (bicyclic) bond motifs is 1. The second-order valence-corrected chi connectivity index (χ2v) is 4.59. The quantitative estimate of drug-likeness (QED) is 0.768. The number of nitrogens with two attached hydrogens (primary N) is 1. The largest absolute Gasteiger partial charge is 0.369 e. The summed E-state index contributed by atoms with van der Waals surface area (Å²) in [5, 5.41) is 0. The molecule has 3 N–H and O–H groups in total. The van der Waals surface area contributed by atoms with Crippen LogP contribution in [0.2, 0.25) is 0 Å². The molecule has 0 aliphatic heterocycles. The Morgan fingerprint density at radius 2 is 2.17 bits per heavy atom. The number of carbonyl (C=O) groups excluding carboxylic acids is 1. The Kier molecular flexibility index (Phi) is 3.97. The summed E-state index contributed by atoms with van der Waals surface area (Å²) in [4.78, 5) is 19.2. The molecule has 0 aliphatic carbocycles. The molecule has 1 aromatic carbocycles. The van der Waals surface area contributed by atoms with E-state index in [1.807, 2.05) is 24.3 Å². The van der Waals surface area contributed by atoms with E-state index < -0.39 is 0 Å². The molecule has 1 unspecified atom stereocenters. The maximum Gasteiger partial charge on any atom is 0.228 e. The lowest BCUT2D eigenvalue weighted by Crippen LogP contribution is -2.22. The van der Waals surface area contributed by atoms with E-state index >= 15 is 0 Å². The highest BCUT2D eigenvalue weighted by Gasteiger charge is 2.20. The predicted octanol–water partition coefficient (Wildman–Crippen LogP) is 2.71. The van der Waals surface area contributed by atoms with Crippen molar-refractivity contribution in [2.45, 2.75) is 38.5 Å². The Hall–Kier alpha value is -1.84. The molecule has 0 saturated carbocycles. The summed E-state index contributed by atoms with van der Waals surface area (Å²) in [7, 11) is 0. The number of unbranched alkanes of at least 4 members (excludes halogenated alkanes) is 2.